The number of nitrogens with zero attached hydrogens (tertiary/aromatic N) is 5. The highest BCUT2D eigenvalue weighted by atomic mass is 35.5. The van der Waals surface area contributed by atoms with E-state index >= 15 is 0 Å². The molecule has 0 radical (unpaired) electrons. The van der Waals surface area contributed by atoms with Crippen molar-refractivity contribution in [2.45, 2.75) is 19.8 Å². The second-order valence-corrected chi connectivity index (χ2v) is 8.48. The van der Waals surface area contributed by atoms with Crippen LogP contribution < -0.4 is 4.90 Å². The van der Waals surface area contributed by atoms with E-state index in [2.05, 4.69) is 10.00 Å². The Morgan fingerprint density at radius 1 is 1.00 bits per heavy atom. The van der Waals surface area contributed by atoms with Crippen LogP contribution in [0.4, 0.5) is 11.4 Å². The van der Waals surface area contributed by atoms with E-state index in [1.165, 1.54) is 12.1 Å². The van der Waals surface area contributed by atoms with Crippen LogP contribution in [0.3, 0.4) is 0 Å². The van der Waals surface area contributed by atoms with Crippen molar-refractivity contribution in [1.82, 2.24) is 14.7 Å². The zero-order valence-corrected chi connectivity index (χ0v) is 18.7. The highest BCUT2D eigenvalue weighted by molar-refractivity contribution is 6.30. The average molecular weight is 454 g/mol. The summed E-state index contributed by atoms with van der Waals surface area (Å²) in [6.45, 7) is 6.55. The molecule has 0 N–H and O–H groups in total. The summed E-state index contributed by atoms with van der Waals surface area (Å²) in [6.07, 6.45) is 1.65. The molecule has 2 heterocycles. The Labute approximate surface area is 191 Å². The first-order valence-corrected chi connectivity index (χ1v) is 10.9. The lowest BCUT2D eigenvalue weighted by atomic mass is 10.0. The number of carbonyl (C=O) groups is 1. The molecule has 1 aromatic heterocycles. The van der Waals surface area contributed by atoms with Crippen molar-refractivity contribution in [3.8, 4) is 5.69 Å². The second kappa shape index (κ2) is 9.00. The molecular weight excluding hydrogens is 430 g/mol. The zero-order valence-electron chi connectivity index (χ0n) is 17.9. The van der Waals surface area contributed by atoms with Crippen molar-refractivity contribution in [3.05, 3.63) is 81.1 Å². The molecule has 8 nitrogen and oxygen atoms in total. The molecule has 1 fully saturated rings. The lowest BCUT2D eigenvalue weighted by molar-refractivity contribution is -0.384. The molecule has 0 saturated carbocycles. The highest BCUT2D eigenvalue weighted by Crippen LogP contribution is 2.26. The number of benzene rings is 2. The molecule has 0 bridgehead atoms. The molecular formula is C23H24ClN5O3. The van der Waals surface area contributed by atoms with Crippen LogP contribution in [-0.2, 0) is 0 Å². The minimum absolute atomic E-state index is 0.0303. The van der Waals surface area contributed by atoms with E-state index in [0.29, 0.717) is 36.8 Å². The summed E-state index contributed by atoms with van der Waals surface area (Å²) < 4.78 is 1.81. The van der Waals surface area contributed by atoms with Gasteiger partial charge in [0.15, 0.2) is 0 Å². The molecule has 3 aromatic rings. The second-order valence-electron chi connectivity index (χ2n) is 8.04. The number of rotatable bonds is 5. The molecule has 1 saturated heterocycles. The maximum Gasteiger partial charge on any atom is 0.269 e. The van der Waals surface area contributed by atoms with Crippen molar-refractivity contribution < 1.29 is 9.72 Å². The van der Waals surface area contributed by atoms with Gasteiger partial charge >= 0.3 is 0 Å². The van der Waals surface area contributed by atoms with Gasteiger partial charge < -0.3 is 9.80 Å². The smallest absolute Gasteiger partial charge is 0.269 e. The van der Waals surface area contributed by atoms with Crippen molar-refractivity contribution in [2.24, 2.45) is 0 Å². The van der Waals surface area contributed by atoms with Gasteiger partial charge in [-0.25, -0.2) is 4.68 Å². The van der Waals surface area contributed by atoms with E-state index in [9.17, 15) is 14.9 Å². The average Bonchev–Trinajstić information content (AvgIpc) is 3.25. The van der Waals surface area contributed by atoms with Crippen LogP contribution in [0.5, 0.6) is 0 Å². The number of halogens is 1. The topological polar surface area (TPSA) is 84.5 Å². The fourth-order valence-electron chi connectivity index (χ4n) is 3.99. The summed E-state index contributed by atoms with van der Waals surface area (Å²) in [5.41, 5.74) is 3.33. The van der Waals surface area contributed by atoms with E-state index in [-0.39, 0.29) is 17.5 Å². The third-order valence-electron chi connectivity index (χ3n) is 5.65. The summed E-state index contributed by atoms with van der Waals surface area (Å²) in [6, 6.07) is 13.9. The summed E-state index contributed by atoms with van der Waals surface area (Å²) in [5.74, 6) is 0.0748. The minimum atomic E-state index is -0.406. The fourth-order valence-corrected chi connectivity index (χ4v) is 4.12. The molecule has 0 atom stereocenters. The van der Waals surface area contributed by atoms with Crippen LogP contribution >= 0.6 is 11.6 Å². The van der Waals surface area contributed by atoms with Crippen LogP contribution in [0.1, 0.15) is 35.8 Å². The largest absolute Gasteiger partial charge is 0.368 e. The summed E-state index contributed by atoms with van der Waals surface area (Å²) >= 11 is 6.01. The zero-order chi connectivity index (χ0) is 22.8. The Morgan fingerprint density at radius 3 is 2.16 bits per heavy atom. The quantitative estimate of drug-likeness (QED) is 0.419. The van der Waals surface area contributed by atoms with Gasteiger partial charge in [-0.2, -0.15) is 5.10 Å². The molecule has 32 heavy (non-hydrogen) atoms. The highest BCUT2D eigenvalue weighted by Gasteiger charge is 2.27. The molecule has 9 heteroatoms. The van der Waals surface area contributed by atoms with Crippen LogP contribution in [0, 0.1) is 10.1 Å². The van der Waals surface area contributed by atoms with Crippen molar-refractivity contribution in [1.29, 1.82) is 0 Å². The van der Waals surface area contributed by atoms with Gasteiger partial charge in [0.05, 0.1) is 28.1 Å². The van der Waals surface area contributed by atoms with Gasteiger partial charge in [-0.05, 0) is 42.3 Å². The van der Waals surface area contributed by atoms with Crippen molar-refractivity contribution >= 4 is 28.9 Å². The fraction of sp³-hybridized carbons (Fsp3) is 0.304. The monoisotopic (exact) mass is 453 g/mol. The standard InChI is InChI=1S/C23H24ClN5O3/c1-16(2)22-21(15-25-28(22)19-5-3-17(24)4-6-19)23(30)27-13-11-26(12-14-27)18-7-9-20(10-8-18)29(31)32/h3-10,15-16H,11-14H2,1-2H3. The predicted octanol–water partition coefficient (Wildman–Crippen LogP) is 4.52. The molecule has 1 amide bonds. The molecule has 1 aliphatic rings. The molecule has 4 rings (SSSR count). The molecule has 0 spiro atoms. The van der Waals surface area contributed by atoms with E-state index in [4.69, 9.17) is 11.6 Å². The maximum atomic E-state index is 13.3. The normalized spacial score (nSPS) is 14.1. The number of aromatic nitrogens is 2. The number of nitro benzene ring substituents is 1. The van der Waals surface area contributed by atoms with Gasteiger partial charge in [0.2, 0.25) is 0 Å². The molecule has 0 unspecified atom stereocenters. The van der Waals surface area contributed by atoms with Crippen LogP contribution in [0.15, 0.2) is 54.7 Å². The van der Waals surface area contributed by atoms with Gasteiger partial charge in [-0.1, -0.05) is 25.4 Å². The van der Waals surface area contributed by atoms with Crippen LogP contribution in [0.2, 0.25) is 5.02 Å². The number of anilines is 1. The number of hydrogen-bond donors (Lipinski definition) is 0. The van der Waals surface area contributed by atoms with Crippen LogP contribution in [0.25, 0.3) is 5.69 Å². The number of piperazine rings is 1. The Balaban J connectivity index is 1.49. The van der Waals surface area contributed by atoms with Gasteiger partial charge in [-0.3, -0.25) is 14.9 Å². The summed E-state index contributed by atoms with van der Waals surface area (Å²) in [7, 11) is 0. The Bertz CT molecular complexity index is 1120. The third-order valence-corrected chi connectivity index (χ3v) is 5.90. The summed E-state index contributed by atoms with van der Waals surface area (Å²) in [5, 5.41) is 16.0. The van der Waals surface area contributed by atoms with E-state index in [1.54, 1.807) is 23.0 Å². The maximum absolute atomic E-state index is 13.3. The van der Waals surface area contributed by atoms with E-state index in [1.807, 2.05) is 43.0 Å². The lowest BCUT2D eigenvalue weighted by Crippen LogP contribution is -2.49. The number of hydrogen-bond acceptors (Lipinski definition) is 5. The minimum Gasteiger partial charge on any atom is -0.368 e. The first kappa shape index (κ1) is 21.8. The third kappa shape index (κ3) is 4.31. The van der Waals surface area contributed by atoms with Crippen molar-refractivity contribution in [3.63, 3.8) is 0 Å². The first-order valence-electron chi connectivity index (χ1n) is 10.5. The molecule has 166 valence electrons. The number of non-ortho nitro benzene ring substituents is 1. The van der Waals surface area contributed by atoms with Crippen LogP contribution in [-0.4, -0.2) is 51.7 Å². The Kier molecular flexibility index (Phi) is 6.14. The first-order chi connectivity index (χ1) is 15.3. The SMILES string of the molecule is CC(C)c1c(C(=O)N2CCN(c3ccc([N+](=O)[O-])cc3)CC2)cnn1-c1ccc(Cl)cc1. The molecule has 2 aromatic carbocycles. The molecule has 1 aliphatic heterocycles. The Morgan fingerprint density at radius 2 is 1.59 bits per heavy atom. The Hall–Kier alpha value is -3.39. The summed E-state index contributed by atoms with van der Waals surface area (Å²) in [4.78, 5) is 27.8. The molecule has 0 aliphatic carbocycles. The van der Waals surface area contributed by atoms with E-state index in [0.717, 1.165) is 17.1 Å². The van der Waals surface area contributed by atoms with Gasteiger partial charge in [-0.15, -0.1) is 0 Å². The van der Waals surface area contributed by atoms with E-state index < -0.39 is 4.92 Å². The number of amides is 1. The van der Waals surface area contributed by atoms with Gasteiger partial charge in [0.25, 0.3) is 11.6 Å². The van der Waals surface area contributed by atoms with Crippen molar-refractivity contribution in [2.75, 3.05) is 31.1 Å². The lowest BCUT2D eigenvalue weighted by Gasteiger charge is -2.36. The van der Waals surface area contributed by atoms with Gasteiger partial charge in [0, 0.05) is 49.0 Å². The van der Waals surface area contributed by atoms with Gasteiger partial charge in [0.1, 0.15) is 0 Å². The number of nitro groups is 1. The number of carbonyl (C=O) groups excluding carboxylic acids is 1. The predicted molar refractivity (Wildman–Crippen MR) is 124 cm³/mol.